The molecular weight excluding hydrogens is 166 g/mol. The molecule has 0 aromatic carbocycles. The second-order valence-corrected chi connectivity index (χ2v) is 2.77. The number of rotatable bonds is 2. The first-order valence-corrected chi connectivity index (χ1v) is 3.61. The van der Waals surface area contributed by atoms with Gasteiger partial charge in [-0.3, -0.25) is 4.68 Å². The van der Waals surface area contributed by atoms with E-state index < -0.39 is 6.43 Å². The predicted octanol–water partition coefficient (Wildman–Crippen LogP) is 1.43. The number of aromatic nitrogens is 2. The number of aryl methyl sites for hydroxylation is 1. The molecule has 0 bridgehead atoms. The first-order valence-electron chi connectivity index (χ1n) is 3.61. The Morgan fingerprint density at radius 1 is 1.75 bits per heavy atom. The molecule has 1 aliphatic heterocycles. The van der Waals surface area contributed by atoms with Gasteiger partial charge in [-0.25, -0.2) is 8.78 Å². The normalized spacial score (nSPS) is 21.8. The Labute approximate surface area is 67.9 Å². The number of ether oxygens (including phenoxy) is 1. The van der Waals surface area contributed by atoms with Crippen LogP contribution in [-0.4, -0.2) is 16.4 Å². The van der Waals surface area contributed by atoms with Gasteiger partial charge in [0.25, 0.3) is 6.43 Å². The van der Waals surface area contributed by atoms with Crippen molar-refractivity contribution in [3.63, 3.8) is 0 Å². The summed E-state index contributed by atoms with van der Waals surface area (Å²) in [5.74, 6) is 0. The Morgan fingerprint density at radius 2 is 2.42 bits per heavy atom. The van der Waals surface area contributed by atoms with Gasteiger partial charge in [0.2, 0.25) is 0 Å². The van der Waals surface area contributed by atoms with E-state index in [1.54, 1.807) is 13.2 Å². The summed E-state index contributed by atoms with van der Waals surface area (Å²) in [7, 11) is 1.62. The van der Waals surface area contributed by atoms with Crippen molar-refractivity contribution in [3.05, 3.63) is 17.5 Å². The van der Waals surface area contributed by atoms with Gasteiger partial charge in [0.1, 0.15) is 11.8 Å². The molecule has 0 amide bonds. The number of nitrogens with zero attached hydrogens (tertiary/aromatic N) is 2. The smallest absolute Gasteiger partial charge is 0.282 e. The van der Waals surface area contributed by atoms with E-state index in [4.69, 9.17) is 4.74 Å². The number of hydrogen-bond acceptors (Lipinski definition) is 2. The van der Waals surface area contributed by atoms with Crippen molar-refractivity contribution < 1.29 is 13.5 Å². The molecule has 1 fully saturated rings. The summed E-state index contributed by atoms with van der Waals surface area (Å²) in [6, 6.07) is 0. The van der Waals surface area contributed by atoms with Gasteiger partial charge in [-0.1, -0.05) is 0 Å². The minimum atomic E-state index is -2.51. The number of epoxide rings is 1. The van der Waals surface area contributed by atoms with Crippen molar-refractivity contribution in [3.8, 4) is 0 Å². The molecule has 66 valence electrons. The van der Waals surface area contributed by atoms with Crippen molar-refractivity contribution >= 4 is 0 Å². The van der Waals surface area contributed by atoms with Crippen LogP contribution in [0.25, 0.3) is 0 Å². The maximum Gasteiger partial charge on any atom is 0.282 e. The first-order chi connectivity index (χ1) is 5.68. The molecule has 2 heterocycles. The van der Waals surface area contributed by atoms with E-state index in [1.807, 2.05) is 0 Å². The van der Waals surface area contributed by atoms with Gasteiger partial charge in [-0.2, -0.15) is 5.10 Å². The lowest BCUT2D eigenvalue weighted by Crippen LogP contribution is -1.92. The highest BCUT2D eigenvalue weighted by molar-refractivity contribution is 5.23. The van der Waals surface area contributed by atoms with Crippen LogP contribution < -0.4 is 0 Å². The van der Waals surface area contributed by atoms with Crippen molar-refractivity contribution in [2.45, 2.75) is 12.5 Å². The predicted molar refractivity (Wildman–Crippen MR) is 36.9 cm³/mol. The molecule has 12 heavy (non-hydrogen) atoms. The molecule has 1 aliphatic rings. The van der Waals surface area contributed by atoms with Crippen LogP contribution >= 0.6 is 0 Å². The molecule has 0 aliphatic carbocycles. The maximum atomic E-state index is 12.3. The fourth-order valence-corrected chi connectivity index (χ4v) is 1.17. The highest BCUT2D eigenvalue weighted by Crippen LogP contribution is 2.35. The average molecular weight is 174 g/mol. The second kappa shape index (κ2) is 2.52. The van der Waals surface area contributed by atoms with Gasteiger partial charge < -0.3 is 4.74 Å². The van der Waals surface area contributed by atoms with Gasteiger partial charge in [0.05, 0.1) is 6.61 Å². The zero-order valence-corrected chi connectivity index (χ0v) is 6.50. The van der Waals surface area contributed by atoms with E-state index in [1.165, 1.54) is 4.68 Å². The molecule has 0 N–H and O–H groups in total. The maximum absolute atomic E-state index is 12.3. The number of halogens is 2. The molecule has 1 atom stereocenters. The minimum Gasteiger partial charge on any atom is -0.368 e. The fraction of sp³-hybridized carbons (Fsp3) is 0.571. The SMILES string of the molecule is Cn1cc([C@H]2CO2)c(C(F)F)n1. The molecule has 5 heteroatoms. The van der Waals surface area contributed by atoms with Gasteiger partial charge in [0, 0.05) is 18.8 Å². The topological polar surface area (TPSA) is 30.4 Å². The van der Waals surface area contributed by atoms with E-state index in [2.05, 4.69) is 5.10 Å². The quantitative estimate of drug-likeness (QED) is 0.635. The molecule has 0 saturated carbocycles. The van der Waals surface area contributed by atoms with Crippen LogP contribution in [0.5, 0.6) is 0 Å². The number of hydrogen-bond donors (Lipinski definition) is 0. The Kier molecular flexibility index (Phi) is 1.61. The highest BCUT2D eigenvalue weighted by Gasteiger charge is 2.32. The zero-order valence-electron chi connectivity index (χ0n) is 6.50. The summed E-state index contributed by atoms with van der Waals surface area (Å²) >= 11 is 0. The highest BCUT2D eigenvalue weighted by atomic mass is 19.3. The van der Waals surface area contributed by atoms with Gasteiger partial charge in [0.15, 0.2) is 0 Å². The first kappa shape index (κ1) is 7.67. The second-order valence-electron chi connectivity index (χ2n) is 2.77. The Balaban J connectivity index is 2.36. The van der Waals surface area contributed by atoms with E-state index in [9.17, 15) is 8.78 Å². The van der Waals surface area contributed by atoms with E-state index >= 15 is 0 Å². The van der Waals surface area contributed by atoms with Gasteiger partial charge >= 0.3 is 0 Å². The van der Waals surface area contributed by atoms with Crippen LogP contribution in [0.1, 0.15) is 23.8 Å². The van der Waals surface area contributed by atoms with E-state index in [0.29, 0.717) is 12.2 Å². The summed E-state index contributed by atoms with van der Waals surface area (Å²) in [4.78, 5) is 0. The van der Waals surface area contributed by atoms with Crippen LogP contribution in [0.2, 0.25) is 0 Å². The van der Waals surface area contributed by atoms with Crippen molar-refractivity contribution in [1.82, 2.24) is 9.78 Å². The fourth-order valence-electron chi connectivity index (χ4n) is 1.17. The Hall–Kier alpha value is -0.970. The summed E-state index contributed by atoms with van der Waals surface area (Å²) < 4.78 is 30.9. The lowest BCUT2D eigenvalue weighted by molar-refractivity contribution is 0.143. The third-order valence-electron chi connectivity index (χ3n) is 1.77. The van der Waals surface area contributed by atoms with Crippen molar-refractivity contribution in [2.24, 2.45) is 7.05 Å². The molecule has 1 saturated heterocycles. The molecule has 0 radical (unpaired) electrons. The third-order valence-corrected chi connectivity index (χ3v) is 1.77. The molecule has 2 rings (SSSR count). The summed E-state index contributed by atoms with van der Waals surface area (Å²) in [6.45, 7) is 0.533. The summed E-state index contributed by atoms with van der Waals surface area (Å²) in [6.07, 6.45) is -1.08. The third kappa shape index (κ3) is 1.20. The Bertz CT molecular complexity index is 274. The van der Waals surface area contributed by atoms with Crippen LogP contribution in [0.4, 0.5) is 8.78 Å². The Morgan fingerprint density at radius 3 is 2.92 bits per heavy atom. The molecule has 0 unspecified atom stereocenters. The van der Waals surface area contributed by atoms with E-state index in [-0.39, 0.29) is 11.8 Å². The van der Waals surface area contributed by atoms with Gasteiger partial charge in [-0.05, 0) is 0 Å². The molecule has 3 nitrogen and oxygen atoms in total. The van der Waals surface area contributed by atoms with Crippen molar-refractivity contribution in [1.29, 1.82) is 0 Å². The van der Waals surface area contributed by atoms with Gasteiger partial charge in [-0.15, -0.1) is 0 Å². The van der Waals surface area contributed by atoms with Crippen LogP contribution in [0.3, 0.4) is 0 Å². The number of alkyl halides is 2. The molecule has 1 aromatic rings. The molecular formula is C7H8F2N2O. The van der Waals surface area contributed by atoms with E-state index in [0.717, 1.165) is 0 Å². The lowest BCUT2D eigenvalue weighted by atomic mass is 10.2. The minimum absolute atomic E-state index is 0.150. The molecule has 0 spiro atoms. The lowest BCUT2D eigenvalue weighted by Gasteiger charge is -1.94. The zero-order chi connectivity index (χ0) is 8.72. The van der Waals surface area contributed by atoms with Crippen LogP contribution in [0, 0.1) is 0 Å². The standard InChI is InChI=1S/C7H8F2N2O/c1-11-2-4(5-3-12-5)6(10-11)7(8)9/h2,5,7H,3H2,1H3/t5-/m1/s1. The van der Waals surface area contributed by atoms with Crippen molar-refractivity contribution in [2.75, 3.05) is 6.61 Å². The largest absolute Gasteiger partial charge is 0.368 e. The summed E-state index contributed by atoms with van der Waals surface area (Å²) in [5, 5.41) is 3.66. The monoisotopic (exact) mass is 174 g/mol. The summed E-state index contributed by atoms with van der Waals surface area (Å²) in [5.41, 5.74) is 0.368. The van der Waals surface area contributed by atoms with Crippen LogP contribution in [0.15, 0.2) is 6.20 Å². The van der Waals surface area contributed by atoms with Crippen LogP contribution in [-0.2, 0) is 11.8 Å². The molecule has 1 aromatic heterocycles. The average Bonchev–Trinajstić information content (AvgIpc) is 2.75.